The second-order valence-electron chi connectivity index (χ2n) is 5.10. The highest BCUT2D eigenvalue weighted by atomic mass is 32.2. The average Bonchev–Trinajstić information content (AvgIpc) is 2.45. The lowest BCUT2D eigenvalue weighted by molar-refractivity contribution is -0.113. The third-order valence-corrected chi connectivity index (χ3v) is 4.48. The minimum Gasteiger partial charge on any atom is -0.399 e. The lowest BCUT2D eigenvalue weighted by atomic mass is 10.1. The predicted octanol–water partition coefficient (Wildman–Crippen LogP) is 3.92. The first kappa shape index (κ1) is 15.4. The van der Waals surface area contributed by atoms with Crippen LogP contribution >= 0.6 is 11.8 Å². The minimum absolute atomic E-state index is 0.00294. The lowest BCUT2D eigenvalue weighted by Gasteiger charge is -2.10. The molecule has 0 heterocycles. The zero-order valence-corrected chi connectivity index (χ0v) is 13.4. The van der Waals surface area contributed by atoms with Crippen molar-refractivity contribution in [3.8, 4) is 0 Å². The molecule has 0 aliphatic carbocycles. The van der Waals surface area contributed by atoms with Gasteiger partial charge in [0.05, 0.1) is 5.75 Å². The van der Waals surface area contributed by atoms with Crippen molar-refractivity contribution in [2.75, 3.05) is 16.8 Å². The molecule has 0 atom stereocenters. The van der Waals surface area contributed by atoms with E-state index in [1.54, 1.807) is 0 Å². The van der Waals surface area contributed by atoms with Crippen LogP contribution in [0.25, 0.3) is 0 Å². The number of hydrogen-bond donors (Lipinski definition) is 2. The first-order valence-corrected chi connectivity index (χ1v) is 7.81. The number of amides is 1. The molecule has 0 aromatic heterocycles. The molecule has 3 N–H and O–H groups in total. The molecule has 4 heteroatoms. The van der Waals surface area contributed by atoms with Crippen LogP contribution in [0, 0.1) is 20.8 Å². The Hall–Kier alpha value is -1.94. The van der Waals surface area contributed by atoms with Gasteiger partial charge in [-0.15, -0.1) is 11.8 Å². The highest BCUT2D eigenvalue weighted by Gasteiger charge is 2.07. The number of nitrogen functional groups attached to an aromatic ring is 1. The van der Waals surface area contributed by atoms with Gasteiger partial charge in [-0.05, 0) is 61.7 Å². The summed E-state index contributed by atoms with van der Waals surface area (Å²) in [5.41, 5.74) is 10.8. The number of nitrogens with one attached hydrogen (secondary N) is 1. The Balaban J connectivity index is 1.96. The highest BCUT2D eigenvalue weighted by Crippen LogP contribution is 2.23. The molecule has 0 saturated carbocycles. The van der Waals surface area contributed by atoms with Crippen LogP contribution < -0.4 is 11.1 Å². The van der Waals surface area contributed by atoms with E-state index < -0.39 is 0 Å². The van der Waals surface area contributed by atoms with Crippen LogP contribution in [-0.2, 0) is 4.79 Å². The van der Waals surface area contributed by atoms with Crippen LogP contribution in [0.3, 0.4) is 0 Å². The van der Waals surface area contributed by atoms with Crippen molar-refractivity contribution in [1.29, 1.82) is 0 Å². The second-order valence-corrected chi connectivity index (χ2v) is 6.15. The van der Waals surface area contributed by atoms with Gasteiger partial charge in [-0.1, -0.05) is 12.1 Å². The molecule has 110 valence electrons. The van der Waals surface area contributed by atoms with Crippen molar-refractivity contribution in [1.82, 2.24) is 0 Å². The summed E-state index contributed by atoms with van der Waals surface area (Å²) in [6.45, 7) is 6.02. The smallest absolute Gasteiger partial charge is 0.234 e. The van der Waals surface area contributed by atoms with Gasteiger partial charge in [-0.2, -0.15) is 0 Å². The number of anilines is 2. The molecule has 0 bridgehead atoms. The Morgan fingerprint density at radius 1 is 1.14 bits per heavy atom. The summed E-state index contributed by atoms with van der Waals surface area (Å²) in [4.78, 5) is 13.1. The summed E-state index contributed by atoms with van der Waals surface area (Å²) in [6.07, 6.45) is 0. The van der Waals surface area contributed by atoms with Gasteiger partial charge in [0.15, 0.2) is 0 Å². The third-order valence-electron chi connectivity index (χ3n) is 3.49. The monoisotopic (exact) mass is 300 g/mol. The molecule has 0 saturated heterocycles. The van der Waals surface area contributed by atoms with Gasteiger partial charge in [0.2, 0.25) is 5.91 Å². The summed E-state index contributed by atoms with van der Waals surface area (Å²) in [6, 6.07) is 11.7. The van der Waals surface area contributed by atoms with Gasteiger partial charge in [0, 0.05) is 16.3 Å². The van der Waals surface area contributed by atoms with E-state index in [4.69, 9.17) is 5.73 Å². The van der Waals surface area contributed by atoms with Crippen molar-refractivity contribution < 1.29 is 4.79 Å². The minimum atomic E-state index is 0.00294. The molecule has 2 aromatic rings. The van der Waals surface area contributed by atoms with Gasteiger partial charge in [0.25, 0.3) is 0 Å². The molecular formula is C17H20N2OS. The van der Waals surface area contributed by atoms with Crippen molar-refractivity contribution in [2.45, 2.75) is 25.7 Å². The largest absolute Gasteiger partial charge is 0.399 e. The fourth-order valence-corrected chi connectivity index (χ4v) is 2.75. The van der Waals surface area contributed by atoms with Gasteiger partial charge < -0.3 is 11.1 Å². The normalized spacial score (nSPS) is 10.4. The van der Waals surface area contributed by atoms with E-state index in [2.05, 4.69) is 5.32 Å². The van der Waals surface area contributed by atoms with Gasteiger partial charge >= 0.3 is 0 Å². The zero-order chi connectivity index (χ0) is 15.4. The summed E-state index contributed by atoms with van der Waals surface area (Å²) in [7, 11) is 0. The van der Waals surface area contributed by atoms with Crippen molar-refractivity contribution in [3.05, 3.63) is 53.1 Å². The second kappa shape index (κ2) is 6.68. The Morgan fingerprint density at radius 3 is 2.62 bits per heavy atom. The lowest BCUT2D eigenvalue weighted by Crippen LogP contribution is -2.15. The molecule has 1 amide bonds. The van der Waals surface area contributed by atoms with Crippen LogP contribution in [0.15, 0.2) is 41.3 Å². The Bertz CT molecular complexity index is 668. The number of nitrogens with two attached hydrogens (primary N) is 1. The summed E-state index contributed by atoms with van der Waals surface area (Å²) < 4.78 is 0. The molecule has 0 spiro atoms. The summed E-state index contributed by atoms with van der Waals surface area (Å²) in [5, 5.41) is 2.96. The number of rotatable bonds is 4. The maximum Gasteiger partial charge on any atom is 0.234 e. The topological polar surface area (TPSA) is 55.1 Å². The number of carbonyl (C=O) groups is 1. The zero-order valence-electron chi connectivity index (χ0n) is 12.6. The van der Waals surface area contributed by atoms with Gasteiger partial charge in [0.1, 0.15) is 0 Å². The maximum atomic E-state index is 12.0. The van der Waals surface area contributed by atoms with Gasteiger partial charge in [-0.3, -0.25) is 4.79 Å². The van der Waals surface area contributed by atoms with Crippen molar-refractivity contribution in [2.24, 2.45) is 0 Å². The van der Waals surface area contributed by atoms with Gasteiger partial charge in [-0.25, -0.2) is 0 Å². The molecule has 0 fully saturated rings. The summed E-state index contributed by atoms with van der Waals surface area (Å²) in [5.74, 6) is 0.389. The maximum absolute atomic E-state index is 12.0. The average molecular weight is 300 g/mol. The molecule has 0 aliphatic rings. The van der Waals surface area contributed by atoms with E-state index in [-0.39, 0.29) is 5.91 Å². The molecule has 0 aliphatic heterocycles. The van der Waals surface area contributed by atoms with Crippen LogP contribution in [0.2, 0.25) is 0 Å². The SMILES string of the molecule is Cc1cc(SCC(=O)Nc2cccc(C)c2C)ccc1N. The first-order chi connectivity index (χ1) is 9.97. The molecule has 0 radical (unpaired) electrons. The summed E-state index contributed by atoms with van der Waals surface area (Å²) >= 11 is 1.51. The van der Waals surface area contributed by atoms with E-state index in [1.165, 1.54) is 17.3 Å². The van der Waals surface area contributed by atoms with E-state index in [9.17, 15) is 4.79 Å². The van der Waals surface area contributed by atoms with Crippen molar-refractivity contribution in [3.63, 3.8) is 0 Å². The molecule has 2 aromatic carbocycles. The quantitative estimate of drug-likeness (QED) is 0.664. The van der Waals surface area contributed by atoms with E-state index in [1.807, 2.05) is 57.2 Å². The molecule has 3 nitrogen and oxygen atoms in total. The van der Waals surface area contributed by atoms with Crippen LogP contribution in [0.5, 0.6) is 0 Å². The Labute approximate surface area is 129 Å². The number of hydrogen-bond acceptors (Lipinski definition) is 3. The number of carbonyl (C=O) groups excluding carboxylic acids is 1. The molecular weight excluding hydrogens is 280 g/mol. The number of aryl methyl sites for hydroxylation is 2. The van der Waals surface area contributed by atoms with Crippen LogP contribution in [-0.4, -0.2) is 11.7 Å². The Kier molecular flexibility index (Phi) is 4.91. The van der Waals surface area contributed by atoms with Crippen molar-refractivity contribution >= 4 is 29.0 Å². The van der Waals surface area contributed by atoms with E-state index in [0.29, 0.717) is 5.75 Å². The Morgan fingerprint density at radius 2 is 1.90 bits per heavy atom. The van der Waals surface area contributed by atoms with Crippen LogP contribution in [0.1, 0.15) is 16.7 Å². The standard InChI is InChI=1S/C17H20N2OS/c1-11-5-4-6-16(13(11)3)19-17(20)10-21-14-7-8-15(18)12(2)9-14/h4-9H,10,18H2,1-3H3,(H,19,20). The van der Waals surface area contributed by atoms with Crippen LogP contribution in [0.4, 0.5) is 11.4 Å². The number of benzene rings is 2. The highest BCUT2D eigenvalue weighted by molar-refractivity contribution is 8.00. The third kappa shape index (κ3) is 4.02. The molecule has 0 unspecified atom stereocenters. The molecule has 2 rings (SSSR count). The number of thioether (sulfide) groups is 1. The molecule has 21 heavy (non-hydrogen) atoms. The fourth-order valence-electron chi connectivity index (χ4n) is 1.96. The predicted molar refractivity (Wildman–Crippen MR) is 90.9 cm³/mol. The fraction of sp³-hybridized carbons (Fsp3) is 0.235. The first-order valence-electron chi connectivity index (χ1n) is 6.82. The van der Waals surface area contributed by atoms with E-state index >= 15 is 0 Å². The van der Waals surface area contributed by atoms with E-state index in [0.717, 1.165) is 27.4 Å².